The number of rotatable bonds is 4. The molecule has 0 unspecified atom stereocenters. The molecule has 4 nitrogen and oxygen atoms in total. The number of ether oxygens (including phenoxy) is 1. The van der Waals surface area contributed by atoms with Crippen LogP contribution in [0.15, 0.2) is 18.2 Å². The number of benzene rings is 1. The Morgan fingerprint density at radius 3 is 2.63 bits per heavy atom. The predicted octanol–water partition coefficient (Wildman–Crippen LogP) is 2.82. The van der Waals surface area contributed by atoms with Gasteiger partial charge in [-0.2, -0.15) is 0 Å². The maximum Gasteiger partial charge on any atom is 0.340 e. The maximum absolute atomic E-state index is 11.9. The van der Waals surface area contributed by atoms with Crippen LogP contribution in [-0.4, -0.2) is 24.0 Å². The highest BCUT2D eigenvalue weighted by Crippen LogP contribution is 2.22. The van der Waals surface area contributed by atoms with Gasteiger partial charge >= 0.3 is 5.97 Å². The molecule has 1 aromatic carbocycles. The number of nitrogens with one attached hydrogen (secondary N) is 1. The molecule has 0 heterocycles. The van der Waals surface area contributed by atoms with Crippen molar-refractivity contribution in [2.45, 2.75) is 31.9 Å². The summed E-state index contributed by atoms with van der Waals surface area (Å²) in [5.41, 5.74) is 0.192. The summed E-state index contributed by atoms with van der Waals surface area (Å²) < 4.78 is 5.07. The van der Waals surface area contributed by atoms with Crippen LogP contribution < -0.4 is 5.32 Å². The quantitative estimate of drug-likeness (QED) is 0.870. The molecule has 0 saturated heterocycles. The maximum atomic E-state index is 11.9. The smallest absolute Gasteiger partial charge is 0.340 e. The Bertz CT molecular complexity index is 515. The lowest BCUT2D eigenvalue weighted by molar-refractivity contribution is -0.129. The first kappa shape index (κ1) is 14.2. The Hall–Kier alpha value is -1.26. The summed E-state index contributed by atoms with van der Waals surface area (Å²) in [4.78, 5) is 23.5. The van der Waals surface area contributed by atoms with Crippen LogP contribution in [0.4, 0.5) is 0 Å². The summed E-state index contributed by atoms with van der Waals surface area (Å²) in [5, 5.41) is 3.40. The second-order valence-corrected chi connectivity index (χ2v) is 5.30. The lowest BCUT2D eigenvalue weighted by Crippen LogP contribution is -2.37. The van der Waals surface area contributed by atoms with Crippen molar-refractivity contribution in [3.05, 3.63) is 33.8 Å². The lowest BCUT2D eigenvalue weighted by Gasteiger charge is -2.13. The summed E-state index contributed by atoms with van der Waals surface area (Å²) in [6.07, 6.45) is 1.12. The summed E-state index contributed by atoms with van der Waals surface area (Å²) in [6.45, 7) is 1.53. The van der Waals surface area contributed by atoms with Crippen LogP contribution in [0.2, 0.25) is 10.0 Å². The van der Waals surface area contributed by atoms with Crippen molar-refractivity contribution < 1.29 is 14.3 Å². The molecule has 1 aliphatic carbocycles. The van der Waals surface area contributed by atoms with Crippen molar-refractivity contribution in [3.8, 4) is 0 Å². The van der Waals surface area contributed by atoms with E-state index in [1.54, 1.807) is 6.07 Å². The molecule has 1 atom stereocenters. The molecule has 1 aliphatic rings. The van der Waals surface area contributed by atoms with Gasteiger partial charge < -0.3 is 10.1 Å². The molecule has 0 bridgehead atoms. The van der Waals surface area contributed by atoms with Gasteiger partial charge in [0.1, 0.15) is 0 Å². The van der Waals surface area contributed by atoms with Gasteiger partial charge in [-0.15, -0.1) is 0 Å². The number of carbonyl (C=O) groups excluding carboxylic acids is 2. The van der Waals surface area contributed by atoms with Crippen LogP contribution >= 0.6 is 23.2 Å². The Balaban J connectivity index is 1.97. The van der Waals surface area contributed by atoms with Gasteiger partial charge in [0.05, 0.1) is 10.6 Å². The number of hydrogen-bond donors (Lipinski definition) is 1. The number of halogens is 2. The van der Waals surface area contributed by atoms with Crippen molar-refractivity contribution in [2.75, 3.05) is 0 Å². The van der Waals surface area contributed by atoms with Gasteiger partial charge in [0.25, 0.3) is 5.91 Å². The van der Waals surface area contributed by atoms with Crippen LogP contribution in [0.3, 0.4) is 0 Å². The number of carbonyl (C=O) groups is 2. The zero-order valence-corrected chi connectivity index (χ0v) is 11.8. The molecule has 1 fully saturated rings. The third-order valence-corrected chi connectivity index (χ3v) is 3.28. The van der Waals surface area contributed by atoms with E-state index in [4.69, 9.17) is 27.9 Å². The van der Waals surface area contributed by atoms with Crippen LogP contribution in [0.1, 0.15) is 30.1 Å². The summed E-state index contributed by atoms with van der Waals surface area (Å²) in [6, 6.07) is 4.69. The average molecular weight is 302 g/mol. The van der Waals surface area contributed by atoms with Crippen LogP contribution in [0.5, 0.6) is 0 Å². The molecule has 1 aromatic rings. The first-order valence-electron chi connectivity index (χ1n) is 5.94. The Kier molecular flexibility index (Phi) is 4.32. The van der Waals surface area contributed by atoms with Gasteiger partial charge in [-0.05, 0) is 38.0 Å². The Morgan fingerprint density at radius 1 is 1.37 bits per heavy atom. The van der Waals surface area contributed by atoms with E-state index in [1.165, 1.54) is 19.1 Å². The third-order valence-electron chi connectivity index (χ3n) is 2.73. The summed E-state index contributed by atoms with van der Waals surface area (Å²) >= 11 is 11.6. The standard InChI is InChI=1S/C13H13Cl2NO3/c1-7(12(17)16-9-3-4-9)19-13(18)10-5-2-8(14)6-11(10)15/h2,5-7,9H,3-4H2,1H3,(H,16,17)/t7-/m1/s1. The van der Waals surface area contributed by atoms with Crippen LogP contribution in [0.25, 0.3) is 0 Å². The first-order chi connectivity index (χ1) is 8.97. The van der Waals surface area contributed by atoms with Gasteiger partial charge in [0, 0.05) is 11.1 Å². The molecule has 6 heteroatoms. The second-order valence-electron chi connectivity index (χ2n) is 4.45. The number of amides is 1. The predicted molar refractivity (Wildman–Crippen MR) is 72.5 cm³/mol. The minimum atomic E-state index is -0.847. The van der Waals surface area contributed by atoms with Crippen LogP contribution in [-0.2, 0) is 9.53 Å². The monoisotopic (exact) mass is 301 g/mol. The third kappa shape index (κ3) is 3.85. The fourth-order valence-corrected chi connectivity index (χ4v) is 1.96. The van der Waals surface area contributed by atoms with E-state index in [2.05, 4.69) is 5.32 Å². The van der Waals surface area contributed by atoms with Gasteiger partial charge in [-0.3, -0.25) is 4.79 Å². The number of esters is 1. The number of hydrogen-bond acceptors (Lipinski definition) is 3. The normalized spacial score (nSPS) is 15.7. The first-order valence-corrected chi connectivity index (χ1v) is 6.69. The molecule has 0 aliphatic heterocycles. The molecule has 1 saturated carbocycles. The highest BCUT2D eigenvalue weighted by atomic mass is 35.5. The highest BCUT2D eigenvalue weighted by Gasteiger charge is 2.27. The second kappa shape index (κ2) is 5.80. The highest BCUT2D eigenvalue weighted by molar-refractivity contribution is 6.36. The molecular weight excluding hydrogens is 289 g/mol. The summed E-state index contributed by atoms with van der Waals surface area (Å²) in [7, 11) is 0. The zero-order valence-electron chi connectivity index (χ0n) is 10.3. The molecule has 1 N–H and O–H groups in total. The van der Waals surface area contributed by atoms with E-state index in [0.29, 0.717) is 5.02 Å². The van der Waals surface area contributed by atoms with Gasteiger partial charge in [0.15, 0.2) is 6.10 Å². The summed E-state index contributed by atoms with van der Waals surface area (Å²) in [5.74, 6) is -0.930. The minimum absolute atomic E-state index is 0.192. The molecule has 0 spiro atoms. The minimum Gasteiger partial charge on any atom is -0.449 e. The Morgan fingerprint density at radius 2 is 2.05 bits per heavy atom. The fraction of sp³-hybridized carbons (Fsp3) is 0.385. The molecule has 0 aromatic heterocycles. The van der Waals surface area contributed by atoms with E-state index in [1.807, 2.05) is 0 Å². The van der Waals surface area contributed by atoms with E-state index in [-0.39, 0.29) is 22.5 Å². The van der Waals surface area contributed by atoms with Crippen molar-refractivity contribution in [3.63, 3.8) is 0 Å². The van der Waals surface area contributed by atoms with Crippen molar-refractivity contribution in [2.24, 2.45) is 0 Å². The molecule has 0 radical (unpaired) electrons. The van der Waals surface area contributed by atoms with Crippen molar-refractivity contribution in [1.82, 2.24) is 5.32 Å². The average Bonchev–Trinajstić information content (AvgIpc) is 3.12. The zero-order chi connectivity index (χ0) is 14.0. The van der Waals surface area contributed by atoms with Gasteiger partial charge in [-0.1, -0.05) is 23.2 Å². The molecule has 2 rings (SSSR count). The molecular formula is C13H13Cl2NO3. The largest absolute Gasteiger partial charge is 0.449 e. The lowest BCUT2D eigenvalue weighted by atomic mass is 10.2. The molecule has 19 heavy (non-hydrogen) atoms. The molecule has 102 valence electrons. The van der Waals surface area contributed by atoms with E-state index >= 15 is 0 Å². The topological polar surface area (TPSA) is 55.4 Å². The van der Waals surface area contributed by atoms with Gasteiger partial charge in [0.2, 0.25) is 0 Å². The SMILES string of the molecule is C[C@@H](OC(=O)c1ccc(Cl)cc1Cl)C(=O)NC1CC1. The van der Waals surface area contributed by atoms with Gasteiger partial charge in [-0.25, -0.2) is 4.79 Å². The fourth-order valence-electron chi connectivity index (χ4n) is 1.48. The molecule has 1 amide bonds. The van der Waals surface area contributed by atoms with Crippen molar-refractivity contribution in [1.29, 1.82) is 0 Å². The van der Waals surface area contributed by atoms with Crippen LogP contribution in [0, 0.1) is 0 Å². The van der Waals surface area contributed by atoms with E-state index < -0.39 is 12.1 Å². The van der Waals surface area contributed by atoms with Crippen molar-refractivity contribution >= 4 is 35.1 Å². The van der Waals surface area contributed by atoms with E-state index in [0.717, 1.165) is 12.8 Å². The van der Waals surface area contributed by atoms with E-state index in [9.17, 15) is 9.59 Å². The Labute approximate surface area is 121 Å².